The van der Waals surface area contributed by atoms with Gasteiger partial charge in [-0.05, 0) is 92.4 Å². The van der Waals surface area contributed by atoms with Gasteiger partial charge in [0.15, 0.2) is 0 Å². The summed E-state index contributed by atoms with van der Waals surface area (Å²) >= 11 is 0. The van der Waals surface area contributed by atoms with Crippen LogP contribution in [-0.2, 0) is 17.6 Å². The van der Waals surface area contributed by atoms with Crippen molar-refractivity contribution in [2.24, 2.45) is 0 Å². The van der Waals surface area contributed by atoms with Gasteiger partial charge in [-0.2, -0.15) is 0 Å². The van der Waals surface area contributed by atoms with E-state index in [1.165, 1.54) is 65.3 Å². The number of aryl methyl sites for hydroxylation is 2. The normalized spacial score (nSPS) is 18.2. The molecule has 0 heterocycles. The predicted molar refractivity (Wildman–Crippen MR) is 159 cm³/mol. The molecule has 3 nitrogen and oxygen atoms in total. The average molecular weight is 511 g/mol. The molecule has 0 bridgehead atoms. The molecular weight excluding hydrogens is 480 g/mol. The standard InChI is InChI=1S/C36H30O3/c1-37-31-19-23-13-17-29(33(23)27-15-11-21-7-3-5-9-25(21)35(27)31)39-30-18-14-24-20-32(38-2)36-26-10-6-4-8-22(26)12-16-28(36)34(24)30/h3-12,15-16,19-20,29-30H,13-14,17-18H2,1-2H3/t29-,30-/m1/s1. The fourth-order valence-corrected chi connectivity index (χ4v) is 7.31. The highest BCUT2D eigenvalue weighted by Gasteiger charge is 2.34. The summed E-state index contributed by atoms with van der Waals surface area (Å²) in [6, 6.07) is 30.7. The summed E-state index contributed by atoms with van der Waals surface area (Å²) in [5, 5.41) is 9.83. The minimum Gasteiger partial charge on any atom is -0.496 e. The summed E-state index contributed by atoms with van der Waals surface area (Å²) in [7, 11) is 3.56. The zero-order chi connectivity index (χ0) is 26.1. The van der Waals surface area contributed by atoms with Crippen LogP contribution in [-0.4, -0.2) is 14.2 Å². The summed E-state index contributed by atoms with van der Waals surface area (Å²) in [6.07, 6.45) is 4.12. The van der Waals surface area contributed by atoms with Gasteiger partial charge in [0.25, 0.3) is 0 Å². The van der Waals surface area contributed by atoms with Crippen molar-refractivity contribution in [3.05, 3.63) is 107 Å². The molecule has 192 valence electrons. The van der Waals surface area contributed by atoms with E-state index in [1.54, 1.807) is 14.2 Å². The average Bonchev–Trinajstić information content (AvgIpc) is 3.59. The molecule has 0 aromatic heterocycles. The summed E-state index contributed by atoms with van der Waals surface area (Å²) in [6.45, 7) is 0. The number of ether oxygens (including phenoxy) is 3. The first-order chi connectivity index (χ1) is 19.2. The first-order valence-corrected chi connectivity index (χ1v) is 13.9. The maximum absolute atomic E-state index is 7.13. The molecule has 2 aliphatic rings. The molecule has 0 aliphatic heterocycles. The molecular formula is C36H30O3. The fraction of sp³-hybridized carbons (Fsp3) is 0.222. The van der Waals surface area contributed by atoms with E-state index in [2.05, 4.69) is 84.9 Å². The smallest absolute Gasteiger partial charge is 0.127 e. The molecule has 2 atom stereocenters. The first kappa shape index (κ1) is 22.9. The summed E-state index contributed by atoms with van der Waals surface area (Å²) in [5.74, 6) is 1.91. The number of fused-ring (bicyclic) bond motifs is 10. The first-order valence-electron chi connectivity index (χ1n) is 13.9. The van der Waals surface area contributed by atoms with Crippen LogP contribution in [0.1, 0.15) is 47.3 Å². The zero-order valence-corrected chi connectivity index (χ0v) is 22.3. The molecule has 0 saturated heterocycles. The molecule has 0 N–H and O–H groups in total. The van der Waals surface area contributed by atoms with E-state index < -0.39 is 0 Å². The van der Waals surface area contributed by atoms with Gasteiger partial charge in [-0.3, -0.25) is 0 Å². The number of rotatable bonds is 4. The van der Waals surface area contributed by atoms with Gasteiger partial charge in [0.1, 0.15) is 11.5 Å². The second-order valence-electron chi connectivity index (χ2n) is 10.9. The summed E-state index contributed by atoms with van der Waals surface area (Å²) < 4.78 is 19.0. The number of hydrogen-bond donors (Lipinski definition) is 0. The highest BCUT2D eigenvalue weighted by Crippen LogP contribution is 2.50. The Bertz CT molecular complexity index is 1800. The Morgan fingerprint density at radius 1 is 0.538 bits per heavy atom. The van der Waals surface area contributed by atoms with Crippen molar-refractivity contribution >= 4 is 43.1 Å². The highest BCUT2D eigenvalue weighted by atomic mass is 16.5. The molecule has 2 aliphatic carbocycles. The van der Waals surface area contributed by atoms with Crippen molar-refractivity contribution in [1.29, 1.82) is 0 Å². The molecule has 0 amide bonds. The Morgan fingerprint density at radius 3 is 1.46 bits per heavy atom. The van der Waals surface area contributed by atoms with Crippen LogP contribution in [0.4, 0.5) is 0 Å². The van der Waals surface area contributed by atoms with E-state index in [0.29, 0.717) is 0 Å². The molecule has 0 unspecified atom stereocenters. The monoisotopic (exact) mass is 510 g/mol. The van der Waals surface area contributed by atoms with Crippen LogP contribution in [0, 0.1) is 0 Å². The van der Waals surface area contributed by atoms with E-state index in [0.717, 1.165) is 37.2 Å². The summed E-state index contributed by atoms with van der Waals surface area (Å²) in [4.78, 5) is 0. The van der Waals surface area contributed by atoms with Crippen LogP contribution in [0.2, 0.25) is 0 Å². The largest absolute Gasteiger partial charge is 0.496 e. The minimum absolute atomic E-state index is 0.0585. The Hall–Kier alpha value is -4.08. The Balaban J connectivity index is 1.27. The lowest BCUT2D eigenvalue weighted by atomic mass is 9.93. The molecule has 3 heteroatoms. The third-order valence-corrected chi connectivity index (χ3v) is 9.00. The van der Waals surface area contributed by atoms with E-state index in [1.807, 2.05) is 0 Å². The van der Waals surface area contributed by atoms with Crippen molar-refractivity contribution in [2.45, 2.75) is 37.9 Å². The number of benzene rings is 6. The van der Waals surface area contributed by atoms with Crippen molar-refractivity contribution < 1.29 is 14.2 Å². The lowest BCUT2D eigenvalue weighted by Crippen LogP contribution is -2.07. The SMILES string of the molecule is COc1cc2c(c3ccc4ccccc4c13)[C@H](O[C@@H]1CCc3cc(OC)c4c(ccc5ccccc54)c31)CC2. The van der Waals surface area contributed by atoms with Crippen LogP contribution < -0.4 is 9.47 Å². The van der Waals surface area contributed by atoms with Crippen LogP contribution in [0.5, 0.6) is 11.5 Å². The maximum atomic E-state index is 7.13. The van der Waals surface area contributed by atoms with Crippen LogP contribution >= 0.6 is 0 Å². The molecule has 8 rings (SSSR count). The van der Waals surface area contributed by atoms with E-state index in [4.69, 9.17) is 14.2 Å². The van der Waals surface area contributed by atoms with E-state index in [-0.39, 0.29) is 12.2 Å². The predicted octanol–water partition coefficient (Wildman–Crippen LogP) is 9.01. The molecule has 39 heavy (non-hydrogen) atoms. The van der Waals surface area contributed by atoms with Gasteiger partial charge < -0.3 is 14.2 Å². The minimum atomic E-state index is 0.0585. The van der Waals surface area contributed by atoms with Gasteiger partial charge in [0, 0.05) is 10.8 Å². The number of methoxy groups -OCH3 is 2. The highest BCUT2D eigenvalue weighted by molar-refractivity contribution is 6.13. The molecule has 6 aromatic carbocycles. The topological polar surface area (TPSA) is 27.7 Å². The van der Waals surface area contributed by atoms with Gasteiger partial charge in [0.05, 0.1) is 26.4 Å². The van der Waals surface area contributed by atoms with Crippen molar-refractivity contribution in [1.82, 2.24) is 0 Å². The van der Waals surface area contributed by atoms with Crippen molar-refractivity contribution in [3.63, 3.8) is 0 Å². The molecule has 0 fully saturated rings. The van der Waals surface area contributed by atoms with Gasteiger partial charge in [0.2, 0.25) is 0 Å². The zero-order valence-electron chi connectivity index (χ0n) is 22.3. The second kappa shape index (κ2) is 8.72. The van der Waals surface area contributed by atoms with Gasteiger partial charge in [-0.15, -0.1) is 0 Å². The van der Waals surface area contributed by atoms with Gasteiger partial charge >= 0.3 is 0 Å². The quantitative estimate of drug-likeness (QED) is 0.222. The number of hydrogen-bond acceptors (Lipinski definition) is 3. The Labute approximate surface area is 227 Å². The summed E-state index contributed by atoms with van der Waals surface area (Å²) in [5.41, 5.74) is 5.38. The van der Waals surface area contributed by atoms with Crippen LogP contribution in [0.3, 0.4) is 0 Å². The Morgan fingerprint density at radius 2 is 1.00 bits per heavy atom. The molecule has 0 radical (unpaired) electrons. The van der Waals surface area contributed by atoms with Gasteiger partial charge in [-0.1, -0.05) is 72.8 Å². The molecule has 6 aromatic rings. The maximum Gasteiger partial charge on any atom is 0.127 e. The lowest BCUT2D eigenvalue weighted by molar-refractivity contribution is -0.0115. The fourth-order valence-electron chi connectivity index (χ4n) is 7.31. The molecule has 0 spiro atoms. The van der Waals surface area contributed by atoms with Crippen molar-refractivity contribution in [2.75, 3.05) is 14.2 Å². The van der Waals surface area contributed by atoms with Gasteiger partial charge in [-0.25, -0.2) is 0 Å². The Kier molecular flexibility index (Phi) is 5.11. The third kappa shape index (κ3) is 3.33. The lowest BCUT2D eigenvalue weighted by Gasteiger charge is -2.23. The third-order valence-electron chi connectivity index (χ3n) is 9.00. The van der Waals surface area contributed by atoms with E-state index >= 15 is 0 Å². The van der Waals surface area contributed by atoms with Crippen LogP contribution in [0.25, 0.3) is 43.1 Å². The van der Waals surface area contributed by atoms with Crippen LogP contribution in [0.15, 0.2) is 84.9 Å². The second-order valence-corrected chi connectivity index (χ2v) is 10.9. The molecule has 0 saturated carbocycles. The van der Waals surface area contributed by atoms with Crippen molar-refractivity contribution in [3.8, 4) is 11.5 Å². The van der Waals surface area contributed by atoms with E-state index in [9.17, 15) is 0 Å².